The minimum Gasteiger partial charge on any atom is -0.493 e. The number of benzene rings is 2. The number of fused-ring (bicyclic) bond motifs is 1. The molecule has 0 bridgehead atoms. The molecule has 0 radical (unpaired) electrons. The number of rotatable bonds is 4. The molecule has 0 amide bonds. The van der Waals surface area contributed by atoms with Gasteiger partial charge in [0.2, 0.25) is 6.79 Å². The number of halogens is 2. The molecule has 4 nitrogen and oxygen atoms in total. The van der Waals surface area contributed by atoms with Crippen LogP contribution in [0.4, 0.5) is 5.69 Å². The van der Waals surface area contributed by atoms with Crippen molar-refractivity contribution in [3.05, 3.63) is 45.9 Å². The van der Waals surface area contributed by atoms with Crippen LogP contribution in [0.1, 0.15) is 12.5 Å². The summed E-state index contributed by atoms with van der Waals surface area (Å²) in [7, 11) is 0. The fourth-order valence-corrected chi connectivity index (χ4v) is 2.40. The second kappa shape index (κ2) is 6.46. The molecule has 1 heterocycles. The Balaban J connectivity index is 1.97. The van der Waals surface area contributed by atoms with Crippen LogP contribution in [0.25, 0.3) is 0 Å². The lowest BCUT2D eigenvalue weighted by molar-refractivity contribution is 0.174. The van der Waals surface area contributed by atoms with Gasteiger partial charge in [-0.1, -0.05) is 29.3 Å². The summed E-state index contributed by atoms with van der Waals surface area (Å²) in [5, 5.41) is 0.881. The molecular weight excluding hydrogens is 325 g/mol. The predicted octanol–water partition coefficient (Wildman–Crippen LogP) is 4.87. The lowest BCUT2D eigenvalue weighted by atomic mass is 10.2. The first kappa shape index (κ1) is 15.0. The van der Waals surface area contributed by atoms with Crippen molar-refractivity contribution in [1.29, 1.82) is 0 Å². The normalized spacial score (nSPS) is 12.9. The maximum Gasteiger partial charge on any atom is 0.231 e. The first-order valence-corrected chi connectivity index (χ1v) is 7.49. The van der Waals surface area contributed by atoms with E-state index in [0.717, 1.165) is 5.56 Å². The monoisotopic (exact) mass is 337 g/mol. The van der Waals surface area contributed by atoms with Gasteiger partial charge in [0, 0.05) is 17.8 Å². The molecule has 1 aliphatic rings. The molecule has 0 aliphatic carbocycles. The van der Waals surface area contributed by atoms with Crippen LogP contribution >= 0.6 is 23.2 Å². The molecule has 0 N–H and O–H groups in total. The largest absolute Gasteiger partial charge is 0.493 e. The Morgan fingerprint density at radius 1 is 1.23 bits per heavy atom. The van der Waals surface area contributed by atoms with E-state index in [1.54, 1.807) is 30.5 Å². The fourth-order valence-electron chi connectivity index (χ4n) is 2.05. The molecule has 22 heavy (non-hydrogen) atoms. The lowest BCUT2D eigenvalue weighted by Gasteiger charge is -2.08. The van der Waals surface area contributed by atoms with E-state index in [-0.39, 0.29) is 6.79 Å². The van der Waals surface area contributed by atoms with Crippen molar-refractivity contribution in [1.82, 2.24) is 0 Å². The van der Waals surface area contributed by atoms with Gasteiger partial charge in [-0.3, -0.25) is 4.99 Å². The summed E-state index contributed by atoms with van der Waals surface area (Å²) in [6.45, 7) is 2.67. The Hall–Kier alpha value is -1.91. The maximum atomic E-state index is 6.13. The fraction of sp³-hybridized carbons (Fsp3) is 0.188. The standard InChI is InChI=1S/C16H13Cl2NO3/c1-2-20-13-7-15-14(21-9-22-15)6-10(13)8-19-12-5-3-4-11(17)16(12)18/h3-8H,2,9H2,1H3. The van der Waals surface area contributed by atoms with Gasteiger partial charge in [-0.05, 0) is 25.1 Å². The van der Waals surface area contributed by atoms with Gasteiger partial charge < -0.3 is 14.2 Å². The van der Waals surface area contributed by atoms with Crippen LogP contribution in [-0.2, 0) is 0 Å². The van der Waals surface area contributed by atoms with E-state index in [9.17, 15) is 0 Å². The van der Waals surface area contributed by atoms with E-state index < -0.39 is 0 Å². The van der Waals surface area contributed by atoms with Crippen LogP contribution in [0.2, 0.25) is 10.0 Å². The lowest BCUT2D eigenvalue weighted by Crippen LogP contribution is -1.96. The van der Waals surface area contributed by atoms with Gasteiger partial charge in [0.15, 0.2) is 11.5 Å². The summed E-state index contributed by atoms with van der Waals surface area (Å²) in [5.74, 6) is 2.01. The van der Waals surface area contributed by atoms with Crippen molar-refractivity contribution < 1.29 is 14.2 Å². The average molecular weight is 338 g/mol. The molecule has 6 heteroatoms. The van der Waals surface area contributed by atoms with Crippen molar-refractivity contribution in [3.63, 3.8) is 0 Å². The molecule has 1 aliphatic heterocycles. The van der Waals surface area contributed by atoms with E-state index in [4.69, 9.17) is 37.4 Å². The van der Waals surface area contributed by atoms with E-state index >= 15 is 0 Å². The third-order valence-corrected chi connectivity index (χ3v) is 3.89. The van der Waals surface area contributed by atoms with Gasteiger partial charge in [-0.2, -0.15) is 0 Å². The Morgan fingerprint density at radius 3 is 2.77 bits per heavy atom. The Labute approximate surface area is 138 Å². The van der Waals surface area contributed by atoms with E-state index in [0.29, 0.717) is 39.6 Å². The van der Waals surface area contributed by atoms with Crippen molar-refractivity contribution in [3.8, 4) is 17.2 Å². The van der Waals surface area contributed by atoms with E-state index in [1.165, 1.54) is 0 Å². The minimum absolute atomic E-state index is 0.210. The zero-order valence-corrected chi connectivity index (χ0v) is 13.3. The molecule has 0 fully saturated rings. The van der Waals surface area contributed by atoms with Gasteiger partial charge in [0.25, 0.3) is 0 Å². The maximum absolute atomic E-state index is 6.13. The Morgan fingerprint density at radius 2 is 2.00 bits per heavy atom. The molecule has 0 saturated carbocycles. The summed E-state index contributed by atoms with van der Waals surface area (Å²) >= 11 is 12.1. The van der Waals surface area contributed by atoms with Crippen LogP contribution in [-0.4, -0.2) is 19.6 Å². The van der Waals surface area contributed by atoms with Gasteiger partial charge in [0.1, 0.15) is 5.75 Å². The summed E-state index contributed by atoms with van der Waals surface area (Å²) in [4.78, 5) is 4.39. The number of hydrogen-bond acceptors (Lipinski definition) is 4. The number of nitrogens with zero attached hydrogens (tertiary/aromatic N) is 1. The summed E-state index contributed by atoms with van der Waals surface area (Å²) in [6.07, 6.45) is 1.67. The van der Waals surface area contributed by atoms with E-state index in [2.05, 4.69) is 4.99 Å². The highest BCUT2D eigenvalue weighted by molar-refractivity contribution is 6.43. The zero-order valence-electron chi connectivity index (χ0n) is 11.8. The predicted molar refractivity (Wildman–Crippen MR) is 87.5 cm³/mol. The number of aliphatic imine (C=N–C) groups is 1. The van der Waals surface area contributed by atoms with Crippen LogP contribution in [0.5, 0.6) is 17.2 Å². The van der Waals surface area contributed by atoms with Gasteiger partial charge in [0.05, 0.1) is 22.3 Å². The van der Waals surface area contributed by atoms with Crippen LogP contribution in [0.3, 0.4) is 0 Å². The molecule has 2 aromatic rings. The smallest absolute Gasteiger partial charge is 0.231 e. The second-order valence-electron chi connectivity index (χ2n) is 4.51. The Bertz CT molecular complexity index is 732. The Kier molecular flexibility index (Phi) is 4.41. The van der Waals surface area contributed by atoms with E-state index in [1.807, 2.05) is 13.0 Å². The molecule has 0 aromatic heterocycles. The topological polar surface area (TPSA) is 40.0 Å². The highest BCUT2D eigenvalue weighted by Gasteiger charge is 2.17. The van der Waals surface area contributed by atoms with Gasteiger partial charge >= 0.3 is 0 Å². The number of hydrogen-bond donors (Lipinski definition) is 0. The summed E-state index contributed by atoms with van der Waals surface area (Å²) < 4.78 is 16.4. The highest BCUT2D eigenvalue weighted by Crippen LogP contribution is 2.38. The third kappa shape index (κ3) is 2.98. The summed E-state index contributed by atoms with van der Waals surface area (Å²) in [5.41, 5.74) is 1.37. The van der Waals surface area contributed by atoms with Crippen LogP contribution in [0, 0.1) is 0 Å². The van der Waals surface area contributed by atoms with Crippen molar-refractivity contribution in [2.24, 2.45) is 4.99 Å². The molecule has 0 spiro atoms. The highest BCUT2D eigenvalue weighted by atomic mass is 35.5. The van der Waals surface area contributed by atoms with Crippen molar-refractivity contribution in [2.45, 2.75) is 6.92 Å². The first-order chi connectivity index (χ1) is 10.7. The van der Waals surface area contributed by atoms with Crippen LogP contribution in [0.15, 0.2) is 35.3 Å². The molecule has 3 rings (SSSR count). The summed E-state index contributed by atoms with van der Waals surface area (Å²) in [6, 6.07) is 8.93. The quantitative estimate of drug-likeness (QED) is 0.747. The number of ether oxygens (including phenoxy) is 3. The zero-order chi connectivity index (χ0) is 15.5. The first-order valence-electron chi connectivity index (χ1n) is 6.73. The van der Waals surface area contributed by atoms with Crippen molar-refractivity contribution >= 4 is 35.1 Å². The minimum atomic E-state index is 0.210. The SMILES string of the molecule is CCOc1cc2c(cc1C=Nc1cccc(Cl)c1Cl)OCO2. The molecule has 0 atom stereocenters. The molecular formula is C16H13Cl2NO3. The molecule has 2 aromatic carbocycles. The average Bonchev–Trinajstić information content (AvgIpc) is 2.96. The van der Waals surface area contributed by atoms with Crippen molar-refractivity contribution in [2.75, 3.05) is 13.4 Å². The second-order valence-corrected chi connectivity index (χ2v) is 5.29. The van der Waals surface area contributed by atoms with Crippen LogP contribution < -0.4 is 14.2 Å². The molecule has 114 valence electrons. The van der Waals surface area contributed by atoms with Gasteiger partial charge in [-0.15, -0.1) is 0 Å². The molecule has 0 saturated heterocycles. The molecule has 0 unspecified atom stereocenters. The van der Waals surface area contributed by atoms with Gasteiger partial charge in [-0.25, -0.2) is 0 Å². The third-order valence-electron chi connectivity index (χ3n) is 3.08.